The second-order valence-electron chi connectivity index (χ2n) is 4.87. The smallest absolute Gasteiger partial charge is 0.358 e. The molecule has 1 aliphatic heterocycles. The van der Waals surface area contributed by atoms with Gasteiger partial charge in [-0.25, -0.2) is 0 Å². The Balaban J connectivity index is 2.16. The molecule has 0 unspecified atom stereocenters. The number of rotatable bonds is 2. The Kier molecular flexibility index (Phi) is 3.13. The summed E-state index contributed by atoms with van der Waals surface area (Å²) in [4.78, 5) is 14.7. The summed E-state index contributed by atoms with van der Waals surface area (Å²) in [5, 5.41) is 15.4. The van der Waals surface area contributed by atoms with Crippen LogP contribution in [0.5, 0.6) is 0 Å². The monoisotopic (exact) mass is 257 g/mol. The normalized spacial score (nSPS) is 16.6. The highest BCUT2D eigenvalue weighted by molar-refractivity contribution is 5.83. The SMILES string of the molecule is O=[N+]([O-])c1cc(C2CCNCC2)c2ccccc2n1. The number of fused-ring (bicyclic) bond motifs is 1. The van der Waals surface area contributed by atoms with Crippen LogP contribution in [-0.4, -0.2) is 23.0 Å². The minimum absolute atomic E-state index is 0.0489. The summed E-state index contributed by atoms with van der Waals surface area (Å²) in [6.45, 7) is 1.93. The summed E-state index contributed by atoms with van der Waals surface area (Å²) in [7, 11) is 0. The van der Waals surface area contributed by atoms with Gasteiger partial charge in [0.15, 0.2) is 5.52 Å². The van der Waals surface area contributed by atoms with Crippen LogP contribution in [0.1, 0.15) is 24.3 Å². The lowest BCUT2D eigenvalue weighted by Crippen LogP contribution is -2.26. The first-order valence-corrected chi connectivity index (χ1v) is 6.50. The summed E-state index contributed by atoms with van der Waals surface area (Å²) in [5.74, 6) is 0.333. The zero-order valence-electron chi connectivity index (χ0n) is 10.5. The molecule has 1 fully saturated rings. The largest absolute Gasteiger partial charge is 0.364 e. The highest BCUT2D eigenvalue weighted by atomic mass is 16.6. The summed E-state index contributed by atoms with van der Waals surface area (Å²) in [6.07, 6.45) is 2.04. The van der Waals surface area contributed by atoms with E-state index in [9.17, 15) is 10.1 Å². The van der Waals surface area contributed by atoms with E-state index in [0.717, 1.165) is 36.9 Å². The molecule has 2 heterocycles. The maximum absolute atomic E-state index is 11.0. The highest BCUT2D eigenvalue weighted by Gasteiger charge is 2.22. The summed E-state index contributed by atoms with van der Waals surface area (Å²) in [5.41, 5.74) is 1.78. The van der Waals surface area contributed by atoms with Gasteiger partial charge < -0.3 is 15.4 Å². The lowest BCUT2D eigenvalue weighted by molar-refractivity contribution is -0.389. The summed E-state index contributed by atoms with van der Waals surface area (Å²) in [6, 6.07) is 9.32. The molecular formula is C14H15N3O2. The van der Waals surface area contributed by atoms with Gasteiger partial charge in [0.05, 0.1) is 0 Å². The number of hydrogen-bond donors (Lipinski definition) is 1. The third-order valence-electron chi connectivity index (χ3n) is 3.70. The van der Waals surface area contributed by atoms with Gasteiger partial charge in [-0.3, -0.25) is 0 Å². The van der Waals surface area contributed by atoms with Crippen molar-refractivity contribution < 1.29 is 4.92 Å². The molecule has 0 amide bonds. The van der Waals surface area contributed by atoms with Crippen LogP contribution < -0.4 is 5.32 Å². The molecule has 0 bridgehead atoms. The fourth-order valence-corrected chi connectivity index (χ4v) is 2.75. The van der Waals surface area contributed by atoms with Crippen molar-refractivity contribution in [3.05, 3.63) is 46.0 Å². The summed E-state index contributed by atoms with van der Waals surface area (Å²) < 4.78 is 0. The molecule has 1 aromatic carbocycles. The van der Waals surface area contributed by atoms with E-state index in [0.29, 0.717) is 11.4 Å². The van der Waals surface area contributed by atoms with Gasteiger partial charge in [-0.05, 0) is 53.4 Å². The Bertz CT molecular complexity index is 621. The number of nitro groups is 1. The molecule has 1 aromatic heterocycles. The Labute approximate surface area is 110 Å². The van der Waals surface area contributed by atoms with Crippen molar-refractivity contribution >= 4 is 16.7 Å². The first-order valence-electron chi connectivity index (χ1n) is 6.50. The second-order valence-corrected chi connectivity index (χ2v) is 4.87. The van der Waals surface area contributed by atoms with E-state index in [-0.39, 0.29) is 5.82 Å². The third-order valence-corrected chi connectivity index (χ3v) is 3.70. The van der Waals surface area contributed by atoms with Crippen LogP contribution in [0.25, 0.3) is 10.9 Å². The van der Waals surface area contributed by atoms with Gasteiger partial charge in [0.2, 0.25) is 0 Å². The molecule has 1 N–H and O–H groups in total. The Morgan fingerprint density at radius 3 is 2.74 bits per heavy atom. The maximum Gasteiger partial charge on any atom is 0.364 e. The van der Waals surface area contributed by atoms with Crippen molar-refractivity contribution in [3.63, 3.8) is 0 Å². The molecule has 5 nitrogen and oxygen atoms in total. The fourth-order valence-electron chi connectivity index (χ4n) is 2.75. The van der Waals surface area contributed by atoms with Gasteiger partial charge in [-0.1, -0.05) is 18.2 Å². The minimum Gasteiger partial charge on any atom is -0.358 e. The van der Waals surface area contributed by atoms with Crippen molar-refractivity contribution in [1.29, 1.82) is 0 Å². The first-order chi connectivity index (χ1) is 9.25. The molecule has 1 saturated heterocycles. The van der Waals surface area contributed by atoms with Gasteiger partial charge in [0.25, 0.3) is 0 Å². The fraction of sp³-hybridized carbons (Fsp3) is 0.357. The van der Waals surface area contributed by atoms with Crippen molar-refractivity contribution in [2.75, 3.05) is 13.1 Å². The molecule has 5 heteroatoms. The molecule has 3 rings (SSSR count). The van der Waals surface area contributed by atoms with Crippen LogP contribution in [0.15, 0.2) is 30.3 Å². The molecule has 19 heavy (non-hydrogen) atoms. The van der Waals surface area contributed by atoms with Gasteiger partial charge >= 0.3 is 5.82 Å². The Morgan fingerprint density at radius 1 is 1.26 bits per heavy atom. The van der Waals surface area contributed by atoms with Crippen molar-refractivity contribution in [2.24, 2.45) is 0 Å². The van der Waals surface area contributed by atoms with E-state index in [4.69, 9.17) is 0 Å². The number of benzene rings is 1. The van der Waals surface area contributed by atoms with Crippen molar-refractivity contribution in [3.8, 4) is 0 Å². The van der Waals surface area contributed by atoms with Crippen molar-refractivity contribution in [2.45, 2.75) is 18.8 Å². The molecule has 0 radical (unpaired) electrons. The number of pyridine rings is 1. The predicted molar refractivity (Wildman–Crippen MR) is 73.2 cm³/mol. The average Bonchev–Trinajstić information content (AvgIpc) is 2.47. The lowest BCUT2D eigenvalue weighted by Gasteiger charge is -2.23. The molecular weight excluding hydrogens is 242 g/mol. The molecule has 0 aliphatic carbocycles. The van der Waals surface area contributed by atoms with Crippen LogP contribution in [0.4, 0.5) is 5.82 Å². The van der Waals surface area contributed by atoms with Crippen LogP contribution in [-0.2, 0) is 0 Å². The number of hydrogen-bond acceptors (Lipinski definition) is 4. The topological polar surface area (TPSA) is 68.1 Å². The van der Waals surface area contributed by atoms with Crippen LogP contribution in [0.2, 0.25) is 0 Å². The predicted octanol–water partition coefficient (Wildman–Crippen LogP) is 2.61. The zero-order chi connectivity index (χ0) is 13.2. The molecule has 2 aromatic rings. The average molecular weight is 257 g/mol. The number of piperidine rings is 1. The van der Waals surface area contributed by atoms with E-state index < -0.39 is 4.92 Å². The number of nitrogens with one attached hydrogen (secondary N) is 1. The van der Waals surface area contributed by atoms with Crippen LogP contribution in [0, 0.1) is 10.1 Å². The van der Waals surface area contributed by atoms with Crippen molar-refractivity contribution in [1.82, 2.24) is 10.3 Å². The van der Waals surface area contributed by atoms with E-state index in [1.807, 2.05) is 24.3 Å². The molecule has 98 valence electrons. The quantitative estimate of drug-likeness (QED) is 0.663. The first kappa shape index (κ1) is 12.0. The van der Waals surface area contributed by atoms with Gasteiger partial charge in [-0.15, -0.1) is 0 Å². The number of aromatic nitrogens is 1. The number of nitrogens with zero attached hydrogens (tertiary/aromatic N) is 2. The van der Waals surface area contributed by atoms with Crippen LogP contribution in [0.3, 0.4) is 0 Å². The Morgan fingerprint density at radius 2 is 2.00 bits per heavy atom. The molecule has 1 aliphatic rings. The number of para-hydroxylation sites is 1. The van der Waals surface area contributed by atoms with E-state index in [1.165, 1.54) is 0 Å². The summed E-state index contributed by atoms with van der Waals surface area (Å²) >= 11 is 0. The van der Waals surface area contributed by atoms with E-state index in [1.54, 1.807) is 6.07 Å². The minimum atomic E-state index is -0.406. The van der Waals surface area contributed by atoms with E-state index in [2.05, 4.69) is 10.3 Å². The highest BCUT2D eigenvalue weighted by Crippen LogP contribution is 2.32. The second kappa shape index (κ2) is 4.93. The Hall–Kier alpha value is -2.01. The van der Waals surface area contributed by atoms with Gasteiger partial charge in [0, 0.05) is 11.5 Å². The molecule has 0 saturated carbocycles. The molecule has 0 atom stereocenters. The van der Waals surface area contributed by atoms with Crippen LogP contribution >= 0.6 is 0 Å². The third kappa shape index (κ3) is 2.29. The van der Waals surface area contributed by atoms with Gasteiger partial charge in [0.1, 0.15) is 0 Å². The molecule has 0 spiro atoms. The lowest BCUT2D eigenvalue weighted by atomic mass is 9.88. The van der Waals surface area contributed by atoms with Gasteiger partial charge in [-0.2, -0.15) is 0 Å². The standard InChI is InChI=1S/C14H15N3O2/c18-17(19)14-9-12(10-5-7-15-8-6-10)11-3-1-2-4-13(11)16-14/h1-4,9-10,15H,5-8H2. The maximum atomic E-state index is 11.0. The zero-order valence-corrected chi connectivity index (χ0v) is 10.5. The van der Waals surface area contributed by atoms with E-state index >= 15 is 0 Å².